The molecule has 4 rings (SSSR count). The average Bonchev–Trinajstić information content (AvgIpc) is 3.23. The predicted octanol–water partition coefficient (Wildman–Crippen LogP) is 3.03. The Labute approximate surface area is 172 Å². The van der Waals surface area contributed by atoms with E-state index in [1.54, 1.807) is 12.1 Å². The molecule has 0 fully saturated rings. The van der Waals surface area contributed by atoms with Crippen molar-refractivity contribution in [3.63, 3.8) is 0 Å². The minimum atomic E-state index is -0.569. The number of benzene rings is 2. The number of halogens is 1. The summed E-state index contributed by atoms with van der Waals surface area (Å²) < 4.78 is 11.3. The van der Waals surface area contributed by atoms with Gasteiger partial charge in [0, 0.05) is 22.7 Å². The largest absolute Gasteiger partial charge is 0.486 e. The number of amides is 1. The Bertz CT molecular complexity index is 1010. The lowest BCUT2D eigenvalue weighted by Gasteiger charge is -2.21. The SMILES string of the molecule is CCC(C(=O)NCc1cccc2c1OCCO2)n1nnc(-c2ccc(Cl)cc2)n1. The molecule has 2 aromatic carbocycles. The lowest BCUT2D eigenvalue weighted by atomic mass is 10.1. The fraction of sp³-hybridized carbons (Fsp3) is 0.300. The zero-order valence-electron chi connectivity index (χ0n) is 15.8. The summed E-state index contributed by atoms with van der Waals surface area (Å²) in [6.07, 6.45) is 0.523. The van der Waals surface area contributed by atoms with E-state index in [-0.39, 0.29) is 5.91 Å². The first-order valence-electron chi connectivity index (χ1n) is 9.36. The molecule has 1 aromatic heterocycles. The summed E-state index contributed by atoms with van der Waals surface area (Å²) >= 11 is 5.92. The Balaban J connectivity index is 1.46. The van der Waals surface area contributed by atoms with Crippen molar-refractivity contribution in [3.8, 4) is 22.9 Å². The fourth-order valence-electron chi connectivity index (χ4n) is 3.10. The summed E-state index contributed by atoms with van der Waals surface area (Å²) in [4.78, 5) is 14.1. The molecule has 1 aliphatic rings. The molecule has 2 heterocycles. The number of fused-ring (bicyclic) bond motifs is 1. The van der Waals surface area contributed by atoms with Crippen molar-refractivity contribution in [1.29, 1.82) is 0 Å². The minimum absolute atomic E-state index is 0.193. The van der Waals surface area contributed by atoms with Crippen LogP contribution in [0.2, 0.25) is 5.02 Å². The van der Waals surface area contributed by atoms with Gasteiger partial charge in [-0.05, 0) is 42.0 Å². The van der Waals surface area contributed by atoms with Crippen LogP contribution in [-0.2, 0) is 11.3 Å². The smallest absolute Gasteiger partial charge is 0.247 e. The van der Waals surface area contributed by atoms with Crippen molar-refractivity contribution in [2.75, 3.05) is 13.2 Å². The van der Waals surface area contributed by atoms with Gasteiger partial charge in [-0.1, -0.05) is 30.7 Å². The molecule has 1 N–H and O–H groups in total. The number of aromatic nitrogens is 4. The third-order valence-electron chi connectivity index (χ3n) is 4.60. The van der Waals surface area contributed by atoms with Gasteiger partial charge in [-0.15, -0.1) is 10.2 Å². The minimum Gasteiger partial charge on any atom is -0.486 e. The van der Waals surface area contributed by atoms with E-state index < -0.39 is 6.04 Å². The molecule has 0 saturated heterocycles. The third-order valence-corrected chi connectivity index (χ3v) is 4.85. The number of carbonyl (C=O) groups is 1. The maximum atomic E-state index is 12.8. The number of nitrogens with one attached hydrogen (secondary N) is 1. The highest BCUT2D eigenvalue weighted by Crippen LogP contribution is 2.33. The van der Waals surface area contributed by atoms with Crippen LogP contribution in [0.4, 0.5) is 0 Å². The van der Waals surface area contributed by atoms with Gasteiger partial charge in [-0.25, -0.2) is 0 Å². The maximum Gasteiger partial charge on any atom is 0.247 e. The first-order chi connectivity index (χ1) is 14.2. The molecule has 0 spiro atoms. The van der Waals surface area contributed by atoms with Crippen molar-refractivity contribution < 1.29 is 14.3 Å². The Morgan fingerprint density at radius 2 is 2.00 bits per heavy atom. The number of hydrogen-bond acceptors (Lipinski definition) is 6. The zero-order chi connectivity index (χ0) is 20.2. The second-order valence-corrected chi connectivity index (χ2v) is 6.96. The summed E-state index contributed by atoms with van der Waals surface area (Å²) in [6.45, 7) is 3.23. The molecule has 1 atom stereocenters. The number of ether oxygens (including phenoxy) is 2. The highest BCUT2D eigenvalue weighted by atomic mass is 35.5. The third kappa shape index (κ3) is 4.17. The van der Waals surface area contributed by atoms with Crippen LogP contribution < -0.4 is 14.8 Å². The van der Waals surface area contributed by atoms with E-state index in [4.69, 9.17) is 21.1 Å². The van der Waals surface area contributed by atoms with Crippen LogP contribution in [0.3, 0.4) is 0 Å². The average molecular weight is 414 g/mol. The standard InChI is InChI=1S/C20H20ClN5O3/c1-2-16(26-24-19(23-25-26)13-6-8-15(21)9-7-13)20(27)22-12-14-4-3-5-17-18(14)29-11-10-28-17/h3-9,16H,2,10-12H2,1H3,(H,22,27). The Morgan fingerprint density at radius 1 is 1.21 bits per heavy atom. The lowest BCUT2D eigenvalue weighted by Crippen LogP contribution is -2.33. The van der Waals surface area contributed by atoms with E-state index >= 15 is 0 Å². The van der Waals surface area contributed by atoms with Crippen molar-refractivity contribution in [3.05, 3.63) is 53.1 Å². The summed E-state index contributed by atoms with van der Waals surface area (Å²) in [5.41, 5.74) is 1.64. The van der Waals surface area contributed by atoms with Crippen LogP contribution in [0, 0.1) is 0 Å². The molecule has 1 aliphatic heterocycles. The van der Waals surface area contributed by atoms with E-state index in [1.165, 1.54) is 4.80 Å². The number of carbonyl (C=O) groups excluding carboxylic acids is 1. The van der Waals surface area contributed by atoms with E-state index in [2.05, 4.69) is 20.7 Å². The maximum absolute atomic E-state index is 12.8. The van der Waals surface area contributed by atoms with Gasteiger partial charge < -0.3 is 14.8 Å². The van der Waals surface area contributed by atoms with Crippen molar-refractivity contribution >= 4 is 17.5 Å². The first-order valence-corrected chi connectivity index (χ1v) is 9.74. The number of tetrazole rings is 1. The molecule has 0 radical (unpaired) electrons. The number of hydrogen-bond donors (Lipinski definition) is 1. The van der Waals surface area contributed by atoms with Crippen LogP contribution in [-0.4, -0.2) is 39.3 Å². The molecular formula is C20H20ClN5O3. The molecular weight excluding hydrogens is 394 g/mol. The lowest BCUT2D eigenvalue weighted by molar-refractivity contribution is -0.125. The molecule has 150 valence electrons. The van der Waals surface area contributed by atoms with Crippen molar-refractivity contribution in [2.24, 2.45) is 0 Å². The van der Waals surface area contributed by atoms with Crippen molar-refractivity contribution in [1.82, 2.24) is 25.5 Å². The van der Waals surface area contributed by atoms with E-state index in [1.807, 2.05) is 37.3 Å². The van der Waals surface area contributed by atoms with E-state index in [0.29, 0.717) is 48.5 Å². The number of para-hydroxylation sites is 1. The molecule has 3 aromatic rings. The van der Waals surface area contributed by atoms with Gasteiger partial charge >= 0.3 is 0 Å². The summed E-state index contributed by atoms with van der Waals surface area (Å²) in [6, 6.07) is 12.2. The van der Waals surface area contributed by atoms with Crippen LogP contribution in [0.1, 0.15) is 24.9 Å². The monoisotopic (exact) mass is 413 g/mol. The first kappa shape index (κ1) is 19.2. The van der Waals surface area contributed by atoms with E-state index in [0.717, 1.165) is 11.1 Å². The molecule has 29 heavy (non-hydrogen) atoms. The van der Waals surface area contributed by atoms with Gasteiger partial charge in [0.15, 0.2) is 17.5 Å². The number of nitrogens with zero attached hydrogens (tertiary/aromatic N) is 4. The molecule has 9 heteroatoms. The molecule has 0 aliphatic carbocycles. The highest BCUT2D eigenvalue weighted by Gasteiger charge is 2.23. The van der Waals surface area contributed by atoms with Gasteiger partial charge in [0.1, 0.15) is 13.2 Å². The van der Waals surface area contributed by atoms with E-state index in [9.17, 15) is 4.79 Å². The summed E-state index contributed by atoms with van der Waals surface area (Å²) in [7, 11) is 0. The Hall–Kier alpha value is -3.13. The Morgan fingerprint density at radius 3 is 2.79 bits per heavy atom. The molecule has 0 bridgehead atoms. The van der Waals surface area contributed by atoms with Crippen LogP contribution in [0.5, 0.6) is 11.5 Å². The van der Waals surface area contributed by atoms with Gasteiger partial charge in [0.2, 0.25) is 11.7 Å². The van der Waals surface area contributed by atoms with Gasteiger partial charge in [-0.2, -0.15) is 4.80 Å². The quantitative estimate of drug-likeness (QED) is 0.667. The van der Waals surface area contributed by atoms with Gasteiger partial charge in [0.25, 0.3) is 0 Å². The summed E-state index contributed by atoms with van der Waals surface area (Å²) in [5, 5.41) is 16.1. The van der Waals surface area contributed by atoms with Gasteiger partial charge in [0.05, 0.1) is 0 Å². The molecule has 8 nitrogen and oxygen atoms in total. The predicted molar refractivity (Wildman–Crippen MR) is 107 cm³/mol. The topological polar surface area (TPSA) is 91.2 Å². The van der Waals surface area contributed by atoms with Crippen LogP contribution in [0.25, 0.3) is 11.4 Å². The fourth-order valence-corrected chi connectivity index (χ4v) is 3.22. The van der Waals surface area contributed by atoms with Gasteiger partial charge in [-0.3, -0.25) is 4.79 Å². The molecule has 0 saturated carbocycles. The molecule has 1 amide bonds. The van der Waals surface area contributed by atoms with Crippen LogP contribution >= 0.6 is 11.6 Å². The number of rotatable bonds is 6. The highest BCUT2D eigenvalue weighted by molar-refractivity contribution is 6.30. The zero-order valence-corrected chi connectivity index (χ0v) is 16.6. The normalized spacial score (nSPS) is 13.7. The second kappa shape index (κ2) is 8.48. The Kier molecular flexibility index (Phi) is 5.62. The summed E-state index contributed by atoms with van der Waals surface area (Å²) in [5.74, 6) is 1.62. The van der Waals surface area contributed by atoms with Crippen molar-refractivity contribution in [2.45, 2.75) is 25.9 Å². The molecule has 1 unspecified atom stereocenters. The van der Waals surface area contributed by atoms with Crippen LogP contribution in [0.15, 0.2) is 42.5 Å². The second-order valence-electron chi connectivity index (χ2n) is 6.52.